The maximum absolute atomic E-state index is 14.3. The van der Waals surface area contributed by atoms with Gasteiger partial charge in [0.15, 0.2) is 0 Å². The maximum atomic E-state index is 14.3. The van der Waals surface area contributed by atoms with E-state index in [-0.39, 0.29) is 34.8 Å². The highest BCUT2D eigenvalue weighted by Gasteiger charge is 2.35. The lowest BCUT2D eigenvalue weighted by Crippen LogP contribution is -2.53. The number of nitrogens with one attached hydrogen (secondary N) is 1. The zero-order chi connectivity index (χ0) is 31.0. The lowest BCUT2D eigenvalue weighted by atomic mass is 10.1. The van der Waals surface area contributed by atoms with Gasteiger partial charge < -0.3 is 19.7 Å². The summed E-state index contributed by atoms with van der Waals surface area (Å²) in [5.41, 5.74) is 0.954. The summed E-state index contributed by atoms with van der Waals surface area (Å²) >= 11 is 6.10. The van der Waals surface area contributed by atoms with E-state index in [1.54, 1.807) is 60.7 Å². The van der Waals surface area contributed by atoms with E-state index in [0.29, 0.717) is 17.2 Å². The lowest BCUT2D eigenvalue weighted by molar-refractivity contribution is -0.140. The molecule has 1 unspecified atom stereocenters. The molecular formula is C32H38ClN3O6S. The van der Waals surface area contributed by atoms with Crippen LogP contribution in [0.5, 0.6) is 11.5 Å². The van der Waals surface area contributed by atoms with Crippen molar-refractivity contribution in [2.24, 2.45) is 0 Å². The molecule has 11 heteroatoms. The van der Waals surface area contributed by atoms with Crippen LogP contribution in [-0.4, -0.2) is 58.0 Å². The van der Waals surface area contributed by atoms with Crippen molar-refractivity contribution in [1.82, 2.24) is 10.2 Å². The normalized spacial score (nSPS) is 14.1. The van der Waals surface area contributed by atoms with Crippen LogP contribution in [0.4, 0.5) is 5.69 Å². The molecule has 0 bridgehead atoms. The van der Waals surface area contributed by atoms with Gasteiger partial charge >= 0.3 is 0 Å². The van der Waals surface area contributed by atoms with E-state index in [4.69, 9.17) is 21.1 Å². The van der Waals surface area contributed by atoms with E-state index in [2.05, 4.69) is 5.32 Å². The monoisotopic (exact) mass is 627 g/mol. The van der Waals surface area contributed by atoms with Gasteiger partial charge in [0.1, 0.15) is 24.1 Å². The van der Waals surface area contributed by atoms with E-state index in [1.165, 1.54) is 31.3 Å². The predicted octanol–water partition coefficient (Wildman–Crippen LogP) is 5.42. The minimum absolute atomic E-state index is 0.0257. The SMILES string of the molecule is CCC(C(=O)NC1CCCC1)N(Cc1ccc(Cl)cc1)C(=O)CN(c1ccccc1OC)S(=O)(=O)c1ccc(OC)cc1. The first-order chi connectivity index (χ1) is 20.7. The third-order valence-electron chi connectivity index (χ3n) is 7.63. The molecule has 43 heavy (non-hydrogen) atoms. The molecule has 1 atom stereocenters. The number of halogens is 1. The largest absolute Gasteiger partial charge is 0.497 e. The Morgan fingerprint density at radius 1 is 0.953 bits per heavy atom. The molecule has 1 saturated carbocycles. The van der Waals surface area contributed by atoms with E-state index >= 15 is 0 Å². The van der Waals surface area contributed by atoms with Crippen molar-refractivity contribution in [3.63, 3.8) is 0 Å². The van der Waals surface area contributed by atoms with Crippen LogP contribution >= 0.6 is 11.6 Å². The third-order valence-corrected chi connectivity index (χ3v) is 9.66. The van der Waals surface area contributed by atoms with Crippen molar-refractivity contribution in [3.8, 4) is 11.5 Å². The van der Waals surface area contributed by atoms with Gasteiger partial charge in [-0.1, -0.05) is 55.6 Å². The molecule has 3 aromatic carbocycles. The second kappa shape index (κ2) is 14.6. The first kappa shape index (κ1) is 32.2. The molecule has 9 nitrogen and oxygen atoms in total. The molecule has 0 spiro atoms. The number of anilines is 1. The van der Waals surface area contributed by atoms with Gasteiger partial charge in [-0.05, 0) is 73.4 Å². The Morgan fingerprint density at radius 2 is 1.60 bits per heavy atom. The summed E-state index contributed by atoms with van der Waals surface area (Å²) in [4.78, 5) is 29.3. The number of hydrogen-bond acceptors (Lipinski definition) is 6. The van der Waals surface area contributed by atoms with Crippen LogP contribution in [0, 0.1) is 0 Å². The molecule has 4 rings (SSSR count). The number of methoxy groups -OCH3 is 2. The van der Waals surface area contributed by atoms with Crippen molar-refractivity contribution in [1.29, 1.82) is 0 Å². The standard InChI is InChI=1S/C32H38ClN3O6S/c1-4-28(32(38)34-25-9-5-6-10-25)35(21-23-13-15-24(33)16-14-23)31(37)22-36(29-11-7-8-12-30(29)42-3)43(39,40)27-19-17-26(41-2)18-20-27/h7-8,11-20,25,28H,4-6,9-10,21-22H2,1-3H3,(H,34,38). The van der Waals surface area contributed by atoms with Crippen LogP contribution in [0.2, 0.25) is 5.02 Å². The zero-order valence-electron chi connectivity index (χ0n) is 24.7. The molecule has 0 saturated heterocycles. The second-order valence-electron chi connectivity index (χ2n) is 10.4. The van der Waals surface area contributed by atoms with E-state index < -0.39 is 28.5 Å². The fraction of sp³-hybridized carbons (Fsp3) is 0.375. The molecule has 0 radical (unpaired) electrons. The molecule has 0 aliphatic heterocycles. The van der Waals surface area contributed by atoms with Gasteiger partial charge in [-0.2, -0.15) is 0 Å². The van der Waals surface area contributed by atoms with Gasteiger partial charge in [0.05, 0.1) is 24.8 Å². The minimum atomic E-state index is -4.26. The number of benzene rings is 3. The summed E-state index contributed by atoms with van der Waals surface area (Å²) in [5, 5.41) is 3.65. The molecule has 1 aliphatic rings. The number of hydrogen-bond donors (Lipinski definition) is 1. The van der Waals surface area contributed by atoms with Crippen LogP contribution in [0.3, 0.4) is 0 Å². The smallest absolute Gasteiger partial charge is 0.264 e. The molecule has 1 aliphatic carbocycles. The third kappa shape index (κ3) is 7.80. The van der Waals surface area contributed by atoms with Crippen molar-refractivity contribution in [2.75, 3.05) is 25.1 Å². The van der Waals surface area contributed by atoms with E-state index in [9.17, 15) is 18.0 Å². The van der Waals surface area contributed by atoms with Crippen LogP contribution in [0.1, 0.15) is 44.6 Å². The number of nitrogens with zero attached hydrogens (tertiary/aromatic N) is 2. The Morgan fingerprint density at radius 3 is 2.21 bits per heavy atom. The average molecular weight is 628 g/mol. The number of ether oxygens (including phenoxy) is 2. The fourth-order valence-electron chi connectivity index (χ4n) is 5.30. The van der Waals surface area contributed by atoms with Crippen molar-refractivity contribution < 1.29 is 27.5 Å². The molecule has 3 aromatic rings. The number of para-hydroxylation sites is 2. The van der Waals surface area contributed by atoms with Gasteiger partial charge in [0.2, 0.25) is 11.8 Å². The van der Waals surface area contributed by atoms with Crippen molar-refractivity contribution in [3.05, 3.63) is 83.4 Å². The summed E-state index contributed by atoms with van der Waals surface area (Å²) in [5.74, 6) is -0.0142. The van der Waals surface area contributed by atoms with E-state index in [1.807, 2.05) is 6.92 Å². The summed E-state index contributed by atoms with van der Waals surface area (Å²) < 4.78 is 40.0. The van der Waals surface area contributed by atoms with Crippen LogP contribution in [-0.2, 0) is 26.2 Å². The second-order valence-corrected chi connectivity index (χ2v) is 12.7. The van der Waals surface area contributed by atoms with Crippen LogP contribution < -0.4 is 19.1 Å². The Bertz CT molecular complexity index is 1490. The number of carbonyl (C=O) groups is 2. The van der Waals surface area contributed by atoms with Gasteiger partial charge in [-0.15, -0.1) is 0 Å². The Hall–Kier alpha value is -3.76. The summed E-state index contributed by atoms with van der Waals surface area (Å²) in [6.07, 6.45) is 4.24. The maximum Gasteiger partial charge on any atom is 0.264 e. The van der Waals surface area contributed by atoms with Gasteiger partial charge in [-0.3, -0.25) is 13.9 Å². The van der Waals surface area contributed by atoms with Crippen molar-refractivity contribution in [2.45, 2.75) is 62.6 Å². The number of rotatable bonds is 13. The first-order valence-electron chi connectivity index (χ1n) is 14.3. The average Bonchev–Trinajstić information content (AvgIpc) is 3.53. The molecule has 0 aromatic heterocycles. The topological polar surface area (TPSA) is 105 Å². The van der Waals surface area contributed by atoms with Crippen LogP contribution in [0.25, 0.3) is 0 Å². The van der Waals surface area contributed by atoms with Crippen molar-refractivity contribution >= 4 is 39.1 Å². The fourth-order valence-corrected chi connectivity index (χ4v) is 6.85. The number of amides is 2. The van der Waals surface area contributed by atoms with E-state index in [0.717, 1.165) is 35.6 Å². The highest BCUT2D eigenvalue weighted by atomic mass is 35.5. The van der Waals surface area contributed by atoms with Gasteiger partial charge in [0.25, 0.3) is 10.0 Å². The first-order valence-corrected chi connectivity index (χ1v) is 16.1. The highest BCUT2D eigenvalue weighted by Crippen LogP contribution is 2.33. The minimum Gasteiger partial charge on any atom is -0.497 e. The summed E-state index contributed by atoms with van der Waals surface area (Å²) in [6, 6.07) is 18.8. The molecule has 2 amide bonds. The molecule has 0 heterocycles. The molecule has 1 fully saturated rings. The van der Waals surface area contributed by atoms with Gasteiger partial charge in [0, 0.05) is 17.6 Å². The molecular weight excluding hydrogens is 590 g/mol. The Balaban J connectivity index is 1.74. The summed E-state index contributed by atoms with van der Waals surface area (Å²) in [6.45, 7) is 1.37. The Kier molecular flexibility index (Phi) is 10.9. The number of sulfonamides is 1. The molecule has 230 valence electrons. The molecule has 1 N–H and O–H groups in total. The van der Waals surface area contributed by atoms with Gasteiger partial charge in [-0.25, -0.2) is 8.42 Å². The number of carbonyl (C=O) groups excluding carboxylic acids is 2. The quantitative estimate of drug-likeness (QED) is 0.271. The highest BCUT2D eigenvalue weighted by molar-refractivity contribution is 7.92. The lowest BCUT2D eigenvalue weighted by Gasteiger charge is -2.34. The zero-order valence-corrected chi connectivity index (χ0v) is 26.2. The van der Waals surface area contributed by atoms with Crippen LogP contribution in [0.15, 0.2) is 77.7 Å². The Labute approximate surface area is 258 Å². The predicted molar refractivity (Wildman–Crippen MR) is 167 cm³/mol. The summed E-state index contributed by atoms with van der Waals surface area (Å²) in [7, 11) is -1.33.